The molecule has 0 aliphatic carbocycles. The molecule has 0 radical (unpaired) electrons. The molecule has 0 amide bonds. The van der Waals surface area contributed by atoms with Crippen LogP contribution in [0.15, 0.2) is 24.3 Å². The van der Waals surface area contributed by atoms with Crippen LogP contribution in [0, 0.1) is 11.2 Å². The molecule has 3 aliphatic heterocycles. The van der Waals surface area contributed by atoms with Gasteiger partial charge in [-0.05, 0) is 63.1 Å². The number of rotatable bonds is 5. The van der Waals surface area contributed by atoms with E-state index in [9.17, 15) is 9.50 Å². The predicted octanol–water partition coefficient (Wildman–Crippen LogP) is 4.15. The minimum atomic E-state index is -1.01. The molecule has 3 nitrogen and oxygen atoms in total. The molecule has 1 aromatic carbocycles. The largest absolute Gasteiger partial charge is 0.385 e. The molecule has 2 atom stereocenters. The summed E-state index contributed by atoms with van der Waals surface area (Å²) in [6, 6.07) is 7.53. The third kappa shape index (κ3) is 4.08. The van der Waals surface area contributed by atoms with Gasteiger partial charge >= 0.3 is 0 Å². The molecule has 0 spiro atoms. The van der Waals surface area contributed by atoms with E-state index in [1.165, 1.54) is 38.4 Å². The van der Waals surface area contributed by atoms with Gasteiger partial charge in [0.15, 0.2) is 0 Å². The van der Waals surface area contributed by atoms with Crippen molar-refractivity contribution >= 4 is 0 Å². The molecule has 1 N–H and O–H groups in total. The van der Waals surface area contributed by atoms with Crippen molar-refractivity contribution < 1.29 is 9.50 Å². The lowest BCUT2D eigenvalue weighted by Crippen LogP contribution is -2.54. The van der Waals surface area contributed by atoms with Gasteiger partial charge in [-0.2, -0.15) is 0 Å². The van der Waals surface area contributed by atoms with E-state index < -0.39 is 5.60 Å². The molecule has 4 rings (SSSR count). The molecule has 150 valence electrons. The molecule has 3 heterocycles. The van der Waals surface area contributed by atoms with Crippen LogP contribution in [0.2, 0.25) is 0 Å². The normalized spacial score (nSPS) is 32.7. The summed E-state index contributed by atoms with van der Waals surface area (Å²) in [6.45, 7) is 9.48. The number of fused-ring (bicyclic) bond motifs is 2. The van der Waals surface area contributed by atoms with Crippen LogP contribution in [-0.4, -0.2) is 53.2 Å². The Bertz CT molecular complexity index is 642. The zero-order valence-corrected chi connectivity index (χ0v) is 17.0. The highest BCUT2D eigenvalue weighted by Crippen LogP contribution is 2.47. The molecule has 27 heavy (non-hydrogen) atoms. The number of hydrogen-bond acceptors (Lipinski definition) is 3. The topological polar surface area (TPSA) is 26.7 Å². The average Bonchev–Trinajstić information content (AvgIpc) is 2.86. The van der Waals surface area contributed by atoms with Crippen molar-refractivity contribution in [2.75, 3.05) is 26.2 Å². The van der Waals surface area contributed by atoms with E-state index in [1.54, 1.807) is 12.1 Å². The molecule has 3 fully saturated rings. The maximum absolute atomic E-state index is 14.3. The summed E-state index contributed by atoms with van der Waals surface area (Å²) in [4.78, 5) is 5.27. The van der Waals surface area contributed by atoms with Gasteiger partial charge in [0, 0.05) is 30.7 Å². The van der Waals surface area contributed by atoms with Gasteiger partial charge in [0.2, 0.25) is 0 Å². The number of aliphatic hydroxyl groups is 1. The van der Waals surface area contributed by atoms with Gasteiger partial charge in [0.25, 0.3) is 0 Å². The smallest absolute Gasteiger partial charge is 0.129 e. The van der Waals surface area contributed by atoms with E-state index in [2.05, 4.69) is 23.6 Å². The molecule has 3 aliphatic rings. The number of halogens is 1. The molecule has 4 heteroatoms. The first-order valence-electron chi connectivity index (χ1n) is 10.8. The van der Waals surface area contributed by atoms with Gasteiger partial charge < -0.3 is 10.0 Å². The summed E-state index contributed by atoms with van der Waals surface area (Å²) < 4.78 is 14.3. The van der Waals surface area contributed by atoms with E-state index in [0.717, 1.165) is 25.9 Å². The maximum Gasteiger partial charge on any atom is 0.129 e. The number of piperidine rings is 2. The van der Waals surface area contributed by atoms with Crippen LogP contribution in [-0.2, 0) is 5.60 Å². The minimum Gasteiger partial charge on any atom is -0.385 e. The van der Waals surface area contributed by atoms with Gasteiger partial charge in [-0.3, -0.25) is 4.90 Å². The second kappa shape index (κ2) is 7.46. The zero-order valence-electron chi connectivity index (χ0n) is 17.0. The number of likely N-dealkylation sites (tertiary alicyclic amines) is 1. The molecule has 0 saturated carbocycles. The standard InChI is InChI=1S/C23H35FN2O/c1-22(2,16-25-12-6-3-7-13-25)17-26-18-10-11-19(26)15-23(27,14-18)20-8-4-5-9-21(20)24/h4-5,8-9,18-19,27H,3,6-7,10-17H2,1-2H3/t18-,19-/m1/s1. The van der Waals surface area contributed by atoms with Crippen LogP contribution >= 0.6 is 0 Å². The van der Waals surface area contributed by atoms with Crippen molar-refractivity contribution in [3.63, 3.8) is 0 Å². The van der Waals surface area contributed by atoms with Gasteiger partial charge in [-0.15, -0.1) is 0 Å². The monoisotopic (exact) mass is 374 g/mol. The van der Waals surface area contributed by atoms with Gasteiger partial charge in [-0.1, -0.05) is 38.5 Å². The molecule has 0 aromatic heterocycles. The second-order valence-corrected chi connectivity index (χ2v) is 9.98. The highest BCUT2D eigenvalue weighted by Gasteiger charge is 2.50. The number of nitrogens with zero attached hydrogens (tertiary/aromatic N) is 2. The van der Waals surface area contributed by atoms with E-state index in [4.69, 9.17) is 0 Å². The molecule has 3 saturated heterocycles. The second-order valence-electron chi connectivity index (χ2n) is 9.98. The molecular formula is C23H35FN2O. The van der Waals surface area contributed by atoms with Crippen LogP contribution in [0.1, 0.15) is 64.4 Å². The quantitative estimate of drug-likeness (QED) is 0.839. The number of benzene rings is 1. The van der Waals surface area contributed by atoms with Crippen molar-refractivity contribution in [3.8, 4) is 0 Å². The SMILES string of the molecule is CC(C)(CN1CCCCC1)CN1[C@@H]2CC[C@@H]1CC(O)(c1ccccc1F)C2. The van der Waals surface area contributed by atoms with E-state index in [-0.39, 0.29) is 11.2 Å². The Kier molecular flexibility index (Phi) is 5.34. The Morgan fingerprint density at radius 3 is 2.30 bits per heavy atom. The average molecular weight is 375 g/mol. The third-order valence-electron chi connectivity index (χ3n) is 7.00. The highest BCUT2D eigenvalue weighted by atomic mass is 19.1. The van der Waals surface area contributed by atoms with Crippen molar-refractivity contribution in [1.82, 2.24) is 9.80 Å². The van der Waals surface area contributed by atoms with E-state index in [1.807, 2.05) is 6.07 Å². The Morgan fingerprint density at radius 2 is 1.67 bits per heavy atom. The highest BCUT2D eigenvalue weighted by molar-refractivity contribution is 5.26. The summed E-state index contributed by atoms with van der Waals surface area (Å²) in [5.74, 6) is -0.265. The minimum absolute atomic E-state index is 0.242. The molecular weight excluding hydrogens is 339 g/mol. The Morgan fingerprint density at radius 1 is 1.04 bits per heavy atom. The fraction of sp³-hybridized carbons (Fsp3) is 0.739. The fourth-order valence-electron chi connectivity index (χ4n) is 5.90. The van der Waals surface area contributed by atoms with Crippen molar-refractivity contribution in [2.24, 2.45) is 5.41 Å². The van der Waals surface area contributed by atoms with Crippen molar-refractivity contribution in [2.45, 2.75) is 76.5 Å². The zero-order chi connectivity index (χ0) is 19.1. The maximum atomic E-state index is 14.3. The van der Waals surface area contributed by atoms with Gasteiger partial charge in [0.1, 0.15) is 5.82 Å². The van der Waals surface area contributed by atoms with Crippen molar-refractivity contribution in [1.29, 1.82) is 0 Å². The molecule has 2 bridgehead atoms. The predicted molar refractivity (Wildman–Crippen MR) is 107 cm³/mol. The van der Waals surface area contributed by atoms with Crippen molar-refractivity contribution in [3.05, 3.63) is 35.6 Å². The third-order valence-corrected chi connectivity index (χ3v) is 7.00. The molecule has 1 aromatic rings. The summed E-state index contributed by atoms with van der Waals surface area (Å²) in [5, 5.41) is 11.3. The summed E-state index contributed by atoms with van der Waals surface area (Å²) in [7, 11) is 0. The first-order chi connectivity index (χ1) is 12.9. The summed E-state index contributed by atoms with van der Waals surface area (Å²) >= 11 is 0. The lowest BCUT2D eigenvalue weighted by molar-refractivity contribution is -0.0691. The Labute approximate surface area is 163 Å². The van der Waals surface area contributed by atoms with Crippen LogP contribution in [0.5, 0.6) is 0 Å². The van der Waals surface area contributed by atoms with E-state index in [0.29, 0.717) is 30.5 Å². The Balaban J connectivity index is 1.44. The van der Waals surface area contributed by atoms with E-state index >= 15 is 0 Å². The van der Waals surface area contributed by atoms with Crippen LogP contribution in [0.3, 0.4) is 0 Å². The van der Waals surface area contributed by atoms with Gasteiger partial charge in [-0.25, -0.2) is 4.39 Å². The number of hydrogen-bond donors (Lipinski definition) is 1. The van der Waals surface area contributed by atoms with Gasteiger partial charge in [0.05, 0.1) is 5.60 Å². The summed E-state index contributed by atoms with van der Waals surface area (Å²) in [6.07, 6.45) is 7.61. The lowest BCUT2D eigenvalue weighted by atomic mass is 9.79. The first kappa shape index (κ1) is 19.4. The first-order valence-corrected chi connectivity index (χ1v) is 10.8. The fourth-order valence-corrected chi connectivity index (χ4v) is 5.90. The lowest BCUT2D eigenvalue weighted by Gasteiger charge is -2.47. The summed E-state index contributed by atoms with van der Waals surface area (Å²) in [5.41, 5.74) is -0.273. The van der Waals surface area contributed by atoms with Crippen LogP contribution in [0.25, 0.3) is 0 Å². The Hall–Kier alpha value is -0.970. The van der Waals surface area contributed by atoms with Crippen LogP contribution in [0.4, 0.5) is 4.39 Å². The molecule has 0 unspecified atom stereocenters. The van der Waals surface area contributed by atoms with Crippen LogP contribution < -0.4 is 0 Å².